The summed E-state index contributed by atoms with van der Waals surface area (Å²) in [4.78, 5) is 10.0. The monoisotopic (exact) mass is 129 g/mol. The molecule has 0 saturated carbocycles. The third kappa shape index (κ3) is 7.07. The summed E-state index contributed by atoms with van der Waals surface area (Å²) >= 11 is 0. The number of hydrogen-bond donors (Lipinski definition) is 1. The standard InChI is InChI=1S/C5H11N3O/c1-5(2,3)8-7-4(6)9/h1-3H3,(H2,6,9)/b8-7+. The number of hydrogen-bond acceptors (Lipinski definition) is 2. The molecule has 0 bridgehead atoms. The Morgan fingerprint density at radius 2 is 1.89 bits per heavy atom. The molecule has 0 fully saturated rings. The molecule has 9 heavy (non-hydrogen) atoms. The quantitative estimate of drug-likeness (QED) is 0.492. The van der Waals surface area contributed by atoms with Crippen LogP contribution in [0.15, 0.2) is 10.2 Å². The Bertz CT molecular complexity index is 134. The number of amides is 2. The molecule has 4 heteroatoms. The summed E-state index contributed by atoms with van der Waals surface area (Å²) in [6.45, 7) is 5.50. The van der Waals surface area contributed by atoms with E-state index in [-0.39, 0.29) is 5.54 Å². The molecular formula is C5H11N3O. The van der Waals surface area contributed by atoms with Crippen molar-refractivity contribution in [3.8, 4) is 0 Å². The maximum atomic E-state index is 10.0. The van der Waals surface area contributed by atoms with E-state index < -0.39 is 6.03 Å². The molecule has 0 radical (unpaired) electrons. The number of nitrogens with two attached hydrogens (primary N) is 1. The van der Waals surface area contributed by atoms with Gasteiger partial charge in [0.1, 0.15) is 0 Å². The van der Waals surface area contributed by atoms with Crippen LogP contribution in [0, 0.1) is 0 Å². The van der Waals surface area contributed by atoms with Crippen LogP contribution >= 0.6 is 0 Å². The molecule has 0 aliphatic rings. The molecule has 2 N–H and O–H groups in total. The molecule has 0 atom stereocenters. The molecule has 0 aromatic heterocycles. The second-order valence-electron chi connectivity index (χ2n) is 2.71. The minimum absolute atomic E-state index is 0.310. The Hall–Kier alpha value is -0.930. The Morgan fingerprint density at radius 1 is 1.44 bits per heavy atom. The van der Waals surface area contributed by atoms with Crippen LogP contribution in [-0.4, -0.2) is 11.6 Å². The molecule has 4 nitrogen and oxygen atoms in total. The van der Waals surface area contributed by atoms with Crippen LogP contribution in [-0.2, 0) is 0 Å². The maximum Gasteiger partial charge on any atom is 0.356 e. The summed E-state index contributed by atoms with van der Waals surface area (Å²) in [6.07, 6.45) is 0. The summed E-state index contributed by atoms with van der Waals surface area (Å²) in [7, 11) is 0. The lowest BCUT2D eigenvalue weighted by atomic mass is 10.1. The molecule has 0 spiro atoms. The second-order valence-corrected chi connectivity index (χ2v) is 2.71. The number of azo groups is 1. The number of carbonyl (C=O) groups is 1. The van der Waals surface area contributed by atoms with Gasteiger partial charge < -0.3 is 5.73 Å². The Labute approximate surface area is 54.1 Å². The first kappa shape index (κ1) is 8.07. The van der Waals surface area contributed by atoms with E-state index in [2.05, 4.69) is 10.2 Å². The van der Waals surface area contributed by atoms with Crippen LogP contribution in [0.4, 0.5) is 4.79 Å². The molecule has 52 valence electrons. The van der Waals surface area contributed by atoms with E-state index in [1.807, 2.05) is 20.8 Å². The zero-order valence-electron chi connectivity index (χ0n) is 5.88. The van der Waals surface area contributed by atoms with Gasteiger partial charge in [-0.1, -0.05) is 5.11 Å². The summed E-state index contributed by atoms with van der Waals surface area (Å²) in [6, 6.07) is -0.745. The summed E-state index contributed by atoms with van der Waals surface area (Å²) < 4.78 is 0. The number of primary amides is 1. The molecule has 0 aromatic carbocycles. The number of carbonyl (C=O) groups excluding carboxylic acids is 1. The number of nitrogens with zero attached hydrogens (tertiary/aromatic N) is 2. The first-order valence-electron chi connectivity index (χ1n) is 2.64. The predicted octanol–water partition coefficient (Wildman–Crippen LogP) is 1.32. The summed E-state index contributed by atoms with van der Waals surface area (Å²) in [5.74, 6) is 0. The van der Waals surface area contributed by atoms with Crippen molar-refractivity contribution >= 4 is 6.03 Å². The average molecular weight is 129 g/mol. The minimum atomic E-state index is -0.745. The van der Waals surface area contributed by atoms with E-state index in [0.29, 0.717) is 0 Å². The molecular weight excluding hydrogens is 118 g/mol. The molecule has 0 saturated heterocycles. The van der Waals surface area contributed by atoms with Crippen molar-refractivity contribution in [1.82, 2.24) is 0 Å². The average Bonchev–Trinajstić information content (AvgIpc) is 1.59. The molecule has 0 aliphatic heterocycles. The van der Waals surface area contributed by atoms with Crippen molar-refractivity contribution in [2.75, 3.05) is 0 Å². The van der Waals surface area contributed by atoms with E-state index >= 15 is 0 Å². The van der Waals surface area contributed by atoms with Gasteiger partial charge in [0.15, 0.2) is 0 Å². The summed E-state index contributed by atoms with van der Waals surface area (Å²) in [5, 5.41) is 6.77. The number of urea groups is 1. The third-order valence-electron chi connectivity index (χ3n) is 0.449. The Morgan fingerprint density at radius 3 is 2.00 bits per heavy atom. The van der Waals surface area contributed by atoms with Crippen molar-refractivity contribution in [1.29, 1.82) is 0 Å². The highest BCUT2D eigenvalue weighted by molar-refractivity contribution is 5.71. The van der Waals surface area contributed by atoms with Crippen molar-refractivity contribution < 1.29 is 4.79 Å². The van der Waals surface area contributed by atoms with Gasteiger partial charge in [-0.2, -0.15) is 5.11 Å². The van der Waals surface area contributed by atoms with Gasteiger partial charge >= 0.3 is 6.03 Å². The van der Waals surface area contributed by atoms with E-state index in [4.69, 9.17) is 5.73 Å². The predicted molar refractivity (Wildman–Crippen MR) is 34.2 cm³/mol. The molecule has 0 aromatic rings. The Kier molecular flexibility index (Phi) is 2.30. The van der Waals surface area contributed by atoms with Gasteiger partial charge in [0.2, 0.25) is 0 Å². The van der Waals surface area contributed by atoms with E-state index in [0.717, 1.165) is 0 Å². The van der Waals surface area contributed by atoms with E-state index in [1.165, 1.54) is 0 Å². The zero-order valence-corrected chi connectivity index (χ0v) is 5.88. The largest absolute Gasteiger partial charge is 0.356 e. The first-order valence-corrected chi connectivity index (χ1v) is 2.64. The van der Waals surface area contributed by atoms with Gasteiger partial charge in [0, 0.05) is 0 Å². The SMILES string of the molecule is CC(C)(C)/N=N/C(N)=O. The molecule has 0 unspecified atom stereocenters. The van der Waals surface area contributed by atoms with Gasteiger partial charge in [-0.25, -0.2) is 4.79 Å². The molecule has 2 amide bonds. The molecule has 0 aliphatic carbocycles. The maximum absolute atomic E-state index is 10.0. The van der Waals surface area contributed by atoms with Gasteiger partial charge in [0.25, 0.3) is 0 Å². The fourth-order valence-corrected chi connectivity index (χ4v) is 0.199. The van der Waals surface area contributed by atoms with Crippen LogP contribution in [0.2, 0.25) is 0 Å². The topological polar surface area (TPSA) is 67.8 Å². The third-order valence-corrected chi connectivity index (χ3v) is 0.449. The minimum Gasteiger partial charge on any atom is -0.348 e. The van der Waals surface area contributed by atoms with Gasteiger partial charge in [-0.3, -0.25) is 0 Å². The molecule has 0 heterocycles. The lowest BCUT2D eigenvalue weighted by molar-refractivity contribution is 0.254. The second kappa shape index (κ2) is 2.57. The lowest BCUT2D eigenvalue weighted by Crippen LogP contribution is -2.11. The fraction of sp³-hybridized carbons (Fsp3) is 0.800. The summed E-state index contributed by atoms with van der Waals surface area (Å²) in [5.41, 5.74) is 4.39. The Balaban J connectivity index is 3.86. The molecule has 0 rings (SSSR count). The van der Waals surface area contributed by atoms with Gasteiger partial charge in [0.05, 0.1) is 5.54 Å². The lowest BCUT2D eigenvalue weighted by Gasteiger charge is -2.07. The first-order chi connectivity index (χ1) is 3.92. The van der Waals surface area contributed by atoms with E-state index in [9.17, 15) is 4.79 Å². The van der Waals surface area contributed by atoms with Crippen molar-refractivity contribution in [2.45, 2.75) is 26.3 Å². The van der Waals surface area contributed by atoms with Gasteiger partial charge in [-0.05, 0) is 20.8 Å². The van der Waals surface area contributed by atoms with Crippen LogP contribution in [0.1, 0.15) is 20.8 Å². The van der Waals surface area contributed by atoms with Crippen molar-refractivity contribution in [3.63, 3.8) is 0 Å². The van der Waals surface area contributed by atoms with Crippen LogP contribution in [0.3, 0.4) is 0 Å². The van der Waals surface area contributed by atoms with E-state index in [1.54, 1.807) is 0 Å². The highest BCUT2D eigenvalue weighted by atomic mass is 16.2. The highest BCUT2D eigenvalue weighted by Gasteiger charge is 2.06. The van der Waals surface area contributed by atoms with Crippen LogP contribution in [0.25, 0.3) is 0 Å². The van der Waals surface area contributed by atoms with Crippen LogP contribution < -0.4 is 5.73 Å². The number of rotatable bonds is 0. The zero-order chi connectivity index (χ0) is 7.49. The van der Waals surface area contributed by atoms with Crippen molar-refractivity contribution in [2.24, 2.45) is 16.0 Å². The van der Waals surface area contributed by atoms with Gasteiger partial charge in [-0.15, -0.1) is 0 Å². The fourth-order valence-electron chi connectivity index (χ4n) is 0.199. The smallest absolute Gasteiger partial charge is 0.348 e. The van der Waals surface area contributed by atoms with Crippen LogP contribution in [0.5, 0.6) is 0 Å². The highest BCUT2D eigenvalue weighted by Crippen LogP contribution is 2.05. The van der Waals surface area contributed by atoms with Crippen molar-refractivity contribution in [3.05, 3.63) is 0 Å². The normalized spacial score (nSPS) is 12.3.